The van der Waals surface area contributed by atoms with Crippen molar-refractivity contribution in [1.82, 2.24) is 15.0 Å². The molecule has 0 fully saturated rings. The zero-order valence-corrected chi connectivity index (χ0v) is 24.3. The van der Waals surface area contributed by atoms with E-state index >= 15 is 0 Å². The average Bonchev–Trinajstić information content (AvgIpc) is 2.96. The van der Waals surface area contributed by atoms with Crippen molar-refractivity contribution in [2.75, 3.05) is 38.0 Å². The Hall–Kier alpha value is -4.82. The first-order valence-corrected chi connectivity index (χ1v) is 13.6. The molecule has 2 aromatic heterocycles. The fourth-order valence-electron chi connectivity index (χ4n) is 5.39. The molecule has 1 unspecified atom stereocenters. The van der Waals surface area contributed by atoms with Crippen LogP contribution in [0.25, 0.3) is 21.8 Å². The number of rotatable bonds is 5. The Labute approximate surface area is 240 Å². The Morgan fingerprint density at radius 1 is 0.683 bits per heavy atom. The molecule has 0 bridgehead atoms. The van der Waals surface area contributed by atoms with Crippen LogP contribution in [0.3, 0.4) is 0 Å². The molecule has 1 aliphatic rings. The van der Waals surface area contributed by atoms with Crippen molar-refractivity contribution in [1.29, 1.82) is 0 Å². The highest BCUT2D eigenvalue weighted by Gasteiger charge is 2.28. The predicted octanol–water partition coefficient (Wildman–Crippen LogP) is 5.61. The molecule has 5 aromatic rings. The molecule has 8 heteroatoms. The Kier molecular flexibility index (Phi) is 6.63. The Morgan fingerprint density at radius 3 is 1.88 bits per heavy atom. The van der Waals surface area contributed by atoms with E-state index in [2.05, 4.69) is 46.2 Å². The SMILES string of the molecule is Cc1cc(N(C)C)c2cc(C3=NC(c4ccc5nc(C)cc(N(C)C)c5c4)N(N)C(c4ccccc4)=N3)ccc2n1. The number of aryl methyl sites for hydroxylation is 2. The summed E-state index contributed by atoms with van der Waals surface area (Å²) in [6, 6.07) is 26.7. The van der Waals surface area contributed by atoms with Crippen LogP contribution in [0.15, 0.2) is 88.8 Å². The summed E-state index contributed by atoms with van der Waals surface area (Å²) in [5.74, 6) is 8.10. The second-order valence-corrected chi connectivity index (χ2v) is 10.9. The van der Waals surface area contributed by atoms with Gasteiger partial charge in [0, 0.05) is 72.9 Å². The van der Waals surface area contributed by atoms with Crippen LogP contribution in [-0.4, -0.2) is 54.8 Å². The monoisotopic (exact) mass is 542 g/mol. The van der Waals surface area contributed by atoms with Gasteiger partial charge in [0.2, 0.25) is 0 Å². The first-order chi connectivity index (χ1) is 19.7. The number of fused-ring (bicyclic) bond motifs is 2. The number of benzene rings is 3. The van der Waals surface area contributed by atoms with Gasteiger partial charge in [-0.05, 0) is 61.9 Å². The largest absolute Gasteiger partial charge is 0.377 e. The van der Waals surface area contributed by atoms with Gasteiger partial charge in [-0.3, -0.25) is 15.0 Å². The van der Waals surface area contributed by atoms with Gasteiger partial charge in [0.05, 0.1) is 11.0 Å². The number of nitrogens with two attached hydrogens (primary N) is 1. The Balaban J connectivity index is 1.54. The molecule has 0 saturated carbocycles. The maximum absolute atomic E-state index is 6.82. The number of aliphatic imine (C=N–C) groups is 2. The zero-order chi connectivity index (χ0) is 28.8. The lowest BCUT2D eigenvalue weighted by molar-refractivity contribution is 0.333. The van der Waals surface area contributed by atoms with Gasteiger partial charge < -0.3 is 9.80 Å². The third-order valence-electron chi connectivity index (χ3n) is 7.37. The summed E-state index contributed by atoms with van der Waals surface area (Å²) >= 11 is 0. The van der Waals surface area contributed by atoms with Gasteiger partial charge in [0.15, 0.2) is 17.8 Å². The van der Waals surface area contributed by atoms with Gasteiger partial charge in [0.1, 0.15) is 0 Å². The number of anilines is 2. The number of hydrazine groups is 1. The van der Waals surface area contributed by atoms with Crippen LogP contribution in [-0.2, 0) is 0 Å². The number of aromatic nitrogens is 2. The summed E-state index contributed by atoms with van der Waals surface area (Å²) in [7, 11) is 8.19. The summed E-state index contributed by atoms with van der Waals surface area (Å²) in [6.45, 7) is 4.04. The molecule has 0 amide bonds. The topological polar surface area (TPSA) is 86.2 Å². The lowest BCUT2D eigenvalue weighted by Crippen LogP contribution is -2.43. The van der Waals surface area contributed by atoms with Crippen LogP contribution < -0.4 is 15.6 Å². The molecular formula is C33H34N8. The van der Waals surface area contributed by atoms with Crippen LogP contribution >= 0.6 is 0 Å². The fraction of sp³-hybridized carbons (Fsp3) is 0.212. The lowest BCUT2D eigenvalue weighted by Gasteiger charge is -2.32. The van der Waals surface area contributed by atoms with Gasteiger partial charge in [0.25, 0.3) is 0 Å². The molecule has 0 spiro atoms. The summed E-state index contributed by atoms with van der Waals surface area (Å²) < 4.78 is 0. The quantitative estimate of drug-likeness (QED) is 0.291. The van der Waals surface area contributed by atoms with Crippen molar-refractivity contribution >= 4 is 44.9 Å². The molecule has 8 nitrogen and oxygen atoms in total. The van der Waals surface area contributed by atoms with E-state index < -0.39 is 6.17 Å². The van der Waals surface area contributed by atoms with Gasteiger partial charge in [-0.1, -0.05) is 36.4 Å². The minimum atomic E-state index is -0.487. The van der Waals surface area contributed by atoms with Crippen LogP contribution in [0.4, 0.5) is 11.4 Å². The molecule has 3 aromatic carbocycles. The van der Waals surface area contributed by atoms with E-state index in [0.717, 1.165) is 61.3 Å². The molecule has 0 aliphatic carbocycles. The van der Waals surface area contributed by atoms with Gasteiger partial charge >= 0.3 is 0 Å². The van der Waals surface area contributed by atoms with E-state index in [1.165, 1.54) is 0 Å². The van der Waals surface area contributed by atoms with Crippen LogP contribution in [0.2, 0.25) is 0 Å². The Morgan fingerprint density at radius 2 is 1.27 bits per heavy atom. The van der Waals surface area contributed by atoms with Crippen LogP contribution in [0.5, 0.6) is 0 Å². The standard InChI is InChI=1S/C33H34N8/c1-20-16-29(39(3)4)25-18-23(12-14-27(25)35-20)31-37-32(22-10-8-7-9-11-22)41(34)33(38-31)24-13-15-28-26(19-24)30(40(5)6)17-21(2)36-28/h7-19,33H,34H2,1-6H3. The van der Waals surface area contributed by atoms with Crippen molar-refractivity contribution in [3.8, 4) is 0 Å². The third kappa shape index (κ3) is 4.87. The summed E-state index contributed by atoms with van der Waals surface area (Å²) in [4.78, 5) is 23.9. The van der Waals surface area contributed by atoms with Crippen molar-refractivity contribution in [3.63, 3.8) is 0 Å². The summed E-state index contributed by atoms with van der Waals surface area (Å²) in [5, 5.41) is 3.76. The smallest absolute Gasteiger partial charge is 0.164 e. The minimum absolute atomic E-state index is 0.487. The number of amidine groups is 2. The molecule has 0 saturated heterocycles. The zero-order valence-electron chi connectivity index (χ0n) is 24.3. The summed E-state index contributed by atoms with van der Waals surface area (Å²) in [5.41, 5.74) is 8.82. The second kappa shape index (κ2) is 10.3. The van der Waals surface area contributed by atoms with Crippen molar-refractivity contribution in [3.05, 3.63) is 107 Å². The number of nitrogens with zero attached hydrogens (tertiary/aromatic N) is 7. The molecular weight excluding hydrogens is 508 g/mol. The highest BCUT2D eigenvalue weighted by atomic mass is 15.5. The lowest BCUT2D eigenvalue weighted by atomic mass is 10.0. The first-order valence-electron chi connectivity index (χ1n) is 13.6. The Bertz CT molecular complexity index is 1840. The van der Waals surface area contributed by atoms with Crippen molar-refractivity contribution in [2.24, 2.45) is 15.8 Å². The fourth-order valence-corrected chi connectivity index (χ4v) is 5.39. The van der Waals surface area contributed by atoms with Crippen molar-refractivity contribution < 1.29 is 0 Å². The molecule has 3 heterocycles. The van der Waals surface area contributed by atoms with E-state index in [-0.39, 0.29) is 0 Å². The van der Waals surface area contributed by atoms with Gasteiger partial charge in [-0.25, -0.2) is 15.8 Å². The van der Waals surface area contributed by atoms with E-state index in [0.29, 0.717) is 11.7 Å². The normalized spacial score (nSPS) is 15.2. The maximum atomic E-state index is 6.82. The maximum Gasteiger partial charge on any atom is 0.164 e. The second-order valence-electron chi connectivity index (χ2n) is 10.9. The highest BCUT2D eigenvalue weighted by Crippen LogP contribution is 2.33. The third-order valence-corrected chi connectivity index (χ3v) is 7.37. The minimum Gasteiger partial charge on any atom is -0.377 e. The molecule has 1 aliphatic heterocycles. The van der Waals surface area contributed by atoms with E-state index in [1.54, 1.807) is 5.01 Å². The van der Waals surface area contributed by atoms with Gasteiger partial charge in [-0.2, -0.15) is 0 Å². The molecule has 206 valence electrons. The highest BCUT2D eigenvalue weighted by molar-refractivity contribution is 6.14. The molecule has 6 rings (SSSR count). The average molecular weight is 543 g/mol. The van der Waals surface area contributed by atoms with Crippen molar-refractivity contribution in [2.45, 2.75) is 20.0 Å². The molecule has 41 heavy (non-hydrogen) atoms. The predicted molar refractivity (Wildman–Crippen MR) is 170 cm³/mol. The number of hydrogen-bond acceptors (Lipinski definition) is 8. The van der Waals surface area contributed by atoms with E-state index in [4.69, 9.17) is 25.8 Å². The van der Waals surface area contributed by atoms with Gasteiger partial charge in [-0.15, -0.1) is 0 Å². The van der Waals surface area contributed by atoms with E-state index in [9.17, 15) is 0 Å². The molecule has 2 N–H and O–H groups in total. The summed E-state index contributed by atoms with van der Waals surface area (Å²) in [6.07, 6.45) is -0.487. The molecule has 1 atom stereocenters. The van der Waals surface area contributed by atoms with E-state index in [1.807, 2.05) is 84.5 Å². The first kappa shape index (κ1) is 26.4. The molecule has 0 radical (unpaired) electrons. The van der Waals surface area contributed by atoms with Crippen LogP contribution in [0, 0.1) is 13.8 Å². The van der Waals surface area contributed by atoms with Crippen LogP contribution in [0.1, 0.15) is 34.2 Å². The number of pyridine rings is 2. The number of hydrogen-bond donors (Lipinski definition) is 1.